The molecule has 0 aliphatic heterocycles. The molecule has 1 aliphatic rings. The highest BCUT2D eigenvalue weighted by Gasteiger charge is 2.28. The van der Waals surface area contributed by atoms with E-state index < -0.39 is 15.9 Å². The fourth-order valence-electron chi connectivity index (χ4n) is 3.19. The Balaban J connectivity index is 0.00000312. The molecular weight excluding hydrogens is 366 g/mol. The maximum atomic E-state index is 12.7. The zero-order valence-corrected chi connectivity index (χ0v) is 15.9. The van der Waals surface area contributed by atoms with Crippen LogP contribution in [-0.2, 0) is 10.0 Å². The molecule has 0 saturated heterocycles. The van der Waals surface area contributed by atoms with Gasteiger partial charge in [0.25, 0.3) is 5.91 Å². The van der Waals surface area contributed by atoms with Gasteiger partial charge in [0.1, 0.15) is 5.75 Å². The number of methoxy groups -OCH3 is 1. The standard InChI is InChI=1S/C16H25N3O4S.ClH/c1-23-15-8-7-12(9-13(15)16(18)20)24(21,22)19-14(10-17)11-5-3-2-4-6-11;/h7-9,11,14,19H,2-6,10,17H2,1H3,(H2,18,20);1H. The third-order valence-electron chi connectivity index (χ3n) is 4.53. The van der Waals surface area contributed by atoms with E-state index in [1.807, 2.05) is 0 Å². The highest BCUT2D eigenvalue weighted by atomic mass is 35.5. The molecule has 2 rings (SSSR count). The molecule has 1 atom stereocenters. The zero-order chi connectivity index (χ0) is 17.7. The number of ether oxygens (including phenoxy) is 1. The second kappa shape index (κ2) is 9.38. The SMILES string of the molecule is COc1ccc(S(=O)(=O)NC(CN)C2CCCCC2)cc1C(N)=O.Cl. The van der Waals surface area contributed by atoms with Gasteiger partial charge in [0.15, 0.2) is 0 Å². The van der Waals surface area contributed by atoms with E-state index in [1.165, 1.54) is 31.7 Å². The molecule has 0 bridgehead atoms. The first kappa shape index (κ1) is 21.7. The molecule has 1 aliphatic carbocycles. The topological polar surface area (TPSA) is 125 Å². The molecule has 1 fully saturated rings. The quantitative estimate of drug-likeness (QED) is 0.647. The van der Waals surface area contributed by atoms with Crippen molar-refractivity contribution in [3.05, 3.63) is 23.8 Å². The fraction of sp³-hybridized carbons (Fsp3) is 0.562. The normalized spacial score (nSPS) is 16.7. The van der Waals surface area contributed by atoms with Crippen molar-refractivity contribution in [2.24, 2.45) is 17.4 Å². The number of carbonyl (C=O) groups excluding carboxylic acids is 1. The maximum Gasteiger partial charge on any atom is 0.252 e. The molecule has 1 aromatic rings. The smallest absolute Gasteiger partial charge is 0.252 e. The van der Waals surface area contributed by atoms with Crippen molar-refractivity contribution in [1.82, 2.24) is 4.72 Å². The van der Waals surface area contributed by atoms with Gasteiger partial charge in [-0.1, -0.05) is 19.3 Å². The number of amides is 1. The summed E-state index contributed by atoms with van der Waals surface area (Å²) in [5.74, 6) is -0.261. The lowest BCUT2D eigenvalue weighted by Gasteiger charge is -2.29. The van der Waals surface area contributed by atoms with Crippen molar-refractivity contribution < 1.29 is 17.9 Å². The predicted octanol–water partition coefficient (Wildman–Crippen LogP) is 1.40. The lowest BCUT2D eigenvalue weighted by molar-refractivity contribution is 0.0997. The number of hydrogen-bond donors (Lipinski definition) is 3. The average molecular weight is 392 g/mol. The molecule has 1 unspecified atom stereocenters. The molecular formula is C16H26ClN3O4S. The van der Waals surface area contributed by atoms with Crippen LogP contribution in [0.1, 0.15) is 42.5 Å². The summed E-state index contributed by atoms with van der Waals surface area (Å²) in [5, 5.41) is 0. The number of hydrogen-bond acceptors (Lipinski definition) is 5. The van der Waals surface area contributed by atoms with Gasteiger partial charge < -0.3 is 16.2 Å². The third kappa shape index (κ3) is 5.31. The van der Waals surface area contributed by atoms with E-state index in [0.717, 1.165) is 25.7 Å². The van der Waals surface area contributed by atoms with Gasteiger partial charge in [-0.25, -0.2) is 13.1 Å². The Morgan fingerprint density at radius 2 is 1.96 bits per heavy atom. The second-order valence-electron chi connectivity index (χ2n) is 6.09. The number of carbonyl (C=O) groups is 1. The molecule has 0 spiro atoms. The highest BCUT2D eigenvalue weighted by molar-refractivity contribution is 7.89. The second-order valence-corrected chi connectivity index (χ2v) is 7.80. The van der Waals surface area contributed by atoms with Crippen molar-refractivity contribution in [1.29, 1.82) is 0 Å². The molecule has 142 valence electrons. The Labute approximate surface area is 154 Å². The van der Waals surface area contributed by atoms with Crippen molar-refractivity contribution in [2.45, 2.75) is 43.0 Å². The number of primary amides is 1. The molecule has 25 heavy (non-hydrogen) atoms. The largest absolute Gasteiger partial charge is 0.496 e. The van der Waals surface area contributed by atoms with Gasteiger partial charge >= 0.3 is 0 Å². The fourth-order valence-corrected chi connectivity index (χ4v) is 4.53. The first-order valence-electron chi connectivity index (χ1n) is 8.09. The van der Waals surface area contributed by atoms with Gasteiger partial charge in [-0.2, -0.15) is 0 Å². The monoisotopic (exact) mass is 391 g/mol. The van der Waals surface area contributed by atoms with E-state index in [1.54, 1.807) is 0 Å². The minimum atomic E-state index is -3.80. The molecule has 0 aromatic heterocycles. The van der Waals surface area contributed by atoms with Crippen molar-refractivity contribution in [3.8, 4) is 5.75 Å². The number of rotatable bonds is 7. The molecule has 0 radical (unpaired) electrons. The highest BCUT2D eigenvalue weighted by Crippen LogP contribution is 2.28. The molecule has 1 aromatic carbocycles. The van der Waals surface area contributed by atoms with Crippen LogP contribution in [0.4, 0.5) is 0 Å². The van der Waals surface area contributed by atoms with E-state index in [0.29, 0.717) is 0 Å². The Hall–Kier alpha value is -1.35. The molecule has 9 heteroatoms. The van der Waals surface area contributed by atoms with Gasteiger partial charge in [0.2, 0.25) is 10.0 Å². The summed E-state index contributed by atoms with van der Waals surface area (Å²) in [5.41, 5.74) is 11.1. The van der Waals surface area contributed by atoms with Crippen molar-refractivity contribution in [3.63, 3.8) is 0 Å². The number of halogens is 1. The molecule has 1 amide bonds. The number of nitrogens with one attached hydrogen (secondary N) is 1. The van der Waals surface area contributed by atoms with Crippen LogP contribution in [0.2, 0.25) is 0 Å². The lowest BCUT2D eigenvalue weighted by Crippen LogP contribution is -2.45. The lowest BCUT2D eigenvalue weighted by atomic mass is 9.84. The number of benzene rings is 1. The summed E-state index contributed by atoms with van der Waals surface area (Å²) in [7, 11) is -2.40. The van der Waals surface area contributed by atoms with Crippen LogP contribution in [0.3, 0.4) is 0 Å². The average Bonchev–Trinajstić information content (AvgIpc) is 2.59. The number of sulfonamides is 1. The summed E-state index contributed by atoms with van der Waals surface area (Å²) in [4.78, 5) is 11.5. The first-order valence-corrected chi connectivity index (χ1v) is 9.57. The van der Waals surface area contributed by atoms with Crippen LogP contribution in [0.15, 0.2) is 23.1 Å². The van der Waals surface area contributed by atoms with E-state index in [2.05, 4.69) is 4.72 Å². The van der Waals surface area contributed by atoms with Gasteiger partial charge in [-0.05, 0) is 37.0 Å². The first-order chi connectivity index (χ1) is 11.4. The van der Waals surface area contributed by atoms with E-state index in [-0.39, 0.29) is 47.1 Å². The Morgan fingerprint density at radius 1 is 1.32 bits per heavy atom. The van der Waals surface area contributed by atoms with Crippen LogP contribution >= 0.6 is 12.4 Å². The molecule has 7 nitrogen and oxygen atoms in total. The van der Waals surface area contributed by atoms with Crippen LogP contribution in [-0.4, -0.2) is 34.0 Å². The van der Waals surface area contributed by atoms with E-state index in [9.17, 15) is 13.2 Å². The maximum absolute atomic E-state index is 12.7. The molecule has 1 saturated carbocycles. The third-order valence-corrected chi connectivity index (χ3v) is 6.01. The van der Waals surface area contributed by atoms with Crippen LogP contribution in [0, 0.1) is 5.92 Å². The Bertz CT molecular complexity index is 691. The predicted molar refractivity (Wildman–Crippen MR) is 98.5 cm³/mol. The van der Waals surface area contributed by atoms with E-state index in [4.69, 9.17) is 16.2 Å². The van der Waals surface area contributed by atoms with Gasteiger partial charge in [0, 0.05) is 12.6 Å². The minimum Gasteiger partial charge on any atom is -0.496 e. The Morgan fingerprint density at radius 3 is 2.48 bits per heavy atom. The molecule has 0 heterocycles. The summed E-state index contributed by atoms with van der Waals surface area (Å²) in [6.07, 6.45) is 5.31. The van der Waals surface area contributed by atoms with E-state index >= 15 is 0 Å². The summed E-state index contributed by atoms with van der Waals surface area (Å²) in [6.45, 7) is 0.239. The summed E-state index contributed by atoms with van der Waals surface area (Å²) < 4.78 is 33.0. The number of nitrogens with two attached hydrogens (primary N) is 2. The Kier molecular flexibility index (Phi) is 8.14. The minimum absolute atomic E-state index is 0. The van der Waals surface area contributed by atoms with Gasteiger partial charge in [-0.15, -0.1) is 12.4 Å². The van der Waals surface area contributed by atoms with Gasteiger partial charge in [0.05, 0.1) is 17.6 Å². The molecule has 5 N–H and O–H groups in total. The summed E-state index contributed by atoms with van der Waals surface area (Å²) >= 11 is 0. The van der Waals surface area contributed by atoms with Gasteiger partial charge in [-0.3, -0.25) is 4.79 Å². The van der Waals surface area contributed by atoms with Crippen LogP contribution < -0.4 is 20.9 Å². The zero-order valence-electron chi connectivity index (χ0n) is 14.2. The van der Waals surface area contributed by atoms with Crippen molar-refractivity contribution >= 4 is 28.3 Å². The summed E-state index contributed by atoms with van der Waals surface area (Å²) in [6, 6.07) is 3.74. The van der Waals surface area contributed by atoms with Crippen LogP contribution in [0.5, 0.6) is 5.75 Å². The van der Waals surface area contributed by atoms with Crippen LogP contribution in [0.25, 0.3) is 0 Å². The van der Waals surface area contributed by atoms with Crippen molar-refractivity contribution in [2.75, 3.05) is 13.7 Å².